The van der Waals surface area contributed by atoms with Crippen molar-refractivity contribution >= 4 is 23.8 Å². The Hall–Kier alpha value is -3.13. The molecule has 35 heavy (non-hydrogen) atoms. The summed E-state index contributed by atoms with van der Waals surface area (Å²) in [5.74, 6) is 2.72. The topological polar surface area (TPSA) is 86.8 Å². The molecule has 0 atom stereocenters. The predicted molar refractivity (Wildman–Crippen MR) is 136 cm³/mol. The van der Waals surface area contributed by atoms with Crippen LogP contribution in [0.3, 0.4) is 0 Å². The fourth-order valence-electron chi connectivity index (χ4n) is 5.52. The Morgan fingerprint density at radius 3 is 2.57 bits per heavy atom. The van der Waals surface area contributed by atoms with Crippen LogP contribution in [0.5, 0.6) is 5.75 Å². The number of fused-ring (bicyclic) bond motifs is 1. The highest BCUT2D eigenvalue weighted by Crippen LogP contribution is 2.34. The quantitative estimate of drug-likeness (QED) is 0.569. The third kappa shape index (κ3) is 5.75. The van der Waals surface area contributed by atoms with Crippen molar-refractivity contribution < 1.29 is 14.3 Å². The first-order valence-electron chi connectivity index (χ1n) is 12.9. The van der Waals surface area contributed by atoms with E-state index in [-0.39, 0.29) is 11.9 Å². The van der Waals surface area contributed by atoms with Gasteiger partial charge in [-0.05, 0) is 74.9 Å². The van der Waals surface area contributed by atoms with Gasteiger partial charge in [0.1, 0.15) is 0 Å². The molecule has 1 aromatic carbocycles. The molecule has 2 aromatic rings. The monoisotopic (exact) mass is 477 g/mol. The Labute approximate surface area is 207 Å². The first-order valence-corrected chi connectivity index (χ1v) is 12.9. The summed E-state index contributed by atoms with van der Waals surface area (Å²) in [4.78, 5) is 32.7. The molecular weight excluding hydrogens is 442 g/mol. The van der Waals surface area contributed by atoms with Gasteiger partial charge in [-0.3, -0.25) is 14.5 Å². The molecule has 1 aromatic heterocycles. The number of hydrogen-bond acceptors (Lipinski definition) is 6. The molecule has 0 spiro atoms. The summed E-state index contributed by atoms with van der Waals surface area (Å²) < 4.78 is 5.85. The molecule has 0 unspecified atom stereocenters. The van der Waals surface area contributed by atoms with Crippen LogP contribution in [0.1, 0.15) is 48.0 Å². The van der Waals surface area contributed by atoms with Crippen molar-refractivity contribution in [1.29, 1.82) is 0 Å². The Morgan fingerprint density at radius 2 is 1.83 bits per heavy atom. The van der Waals surface area contributed by atoms with E-state index in [0.717, 1.165) is 76.1 Å². The van der Waals surface area contributed by atoms with E-state index in [1.807, 2.05) is 6.20 Å². The molecule has 3 aliphatic rings. The number of rotatable bonds is 8. The standard InChI is InChI=1S/C27H35N5O3/c33-19-29-23-7-3-22(4-8-23)27(34)30-24-5-1-20(2-6-24)10-13-31-14-16-32(17-15-31)26-25-21(9-12-28-26)11-18-35-25/h3-4,7-9,12,19-20,24H,1-2,5-6,10-11,13-18H2,(H,29,33)(H,30,34). The van der Waals surface area contributed by atoms with Crippen LogP contribution in [0.15, 0.2) is 36.5 Å². The third-order valence-corrected chi connectivity index (χ3v) is 7.67. The number of carbonyl (C=O) groups is 2. The minimum Gasteiger partial charge on any atom is -0.489 e. The summed E-state index contributed by atoms with van der Waals surface area (Å²) in [6.45, 7) is 6.05. The molecule has 186 valence electrons. The van der Waals surface area contributed by atoms with E-state index in [1.54, 1.807) is 24.3 Å². The molecule has 2 amide bonds. The number of ether oxygens (including phenoxy) is 1. The molecule has 2 N–H and O–H groups in total. The summed E-state index contributed by atoms with van der Waals surface area (Å²) in [5.41, 5.74) is 2.60. The van der Waals surface area contributed by atoms with Gasteiger partial charge in [0.25, 0.3) is 5.91 Å². The normalized spacial score (nSPS) is 22.2. The van der Waals surface area contributed by atoms with Gasteiger partial charge < -0.3 is 20.3 Å². The summed E-state index contributed by atoms with van der Waals surface area (Å²) in [6.07, 6.45) is 9.19. The van der Waals surface area contributed by atoms with Crippen LogP contribution in [0.25, 0.3) is 0 Å². The van der Waals surface area contributed by atoms with Crippen LogP contribution in [0.2, 0.25) is 0 Å². The lowest BCUT2D eigenvalue weighted by molar-refractivity contribution is -0.105. The Kier molecular flexibility index (Phi) is 7.47. The van der Waals surface area contributed by atoms with Gasteiger partial charge in [0.15, 0.2) is 11.6 Å². The van der Waals surface area contributed by atoms with Gasteiger partial charge in [-0.25, -0.2) is 4.98 Å². The molecule has 1 saturated carbocycles. The second-order valence-electron chi connectivity index (χ2n) is 9.87. The lowest BCUT2D eigenvalue weighted by Gasteiger charge is -2.37. The molecule has 0 bridgehead atoms. The van der Waals surface area contributed by atoms with Crippen molar-refractivity contribution in [2.75, 3.05) is 49.5 Å². The highest BCUT2D eigenvalue weighted by Gasteiger charge is 2.26. The first-order chi connectivity index (χ1) is 17.2. The van der Waals surface area contributed by atoms with Crippen LogP contribution < -0.4 is 20.3 Å². The maximum absolute atomic E-state index is 12.6. The summed E-state index contributed by atoms with van der Waals surface area (Å²) in [5, 5.41) is 5.78. The minimum atomic E-state index is -0.0343. The largest absolute Gasteiger partial charge is 0.489 e. The average molecular weight is 478 g/mol. The van der Waals surface area contributed by atoms with Crippen molar-refractivity contribution in [2.45, 2.75) is 44.6 Å². The molecule has 8 heteroatoms. The van der Waals surface area contributed by atoms with Crippen molar-refractivity contribution in [2.24, 2.45) is 5.92 Å². The molecular formula is C27H35N5O3. The number of amides is 2. The lowest BCUT2D eigenvalue weighted by atomic mass is 9.84. The number of benzene rings is 1. The molecule has 2 fully saturated rings. The molecule has 5 rings (SSSR count). The van der Waals surface area contributed by atoms with E-state index in [2.05, 4.69) is 31.5 Å². The van der Waals surface area contributed by atoms with E-state index >= 15 is 0 Å². The first kappa shape index (κ1) is 23.6. The average Bonchev–Trinajstić information content (AvgIpc) is 3.38. The van der Waals surface area contributed by atoms with Gasteiger partial charge in [-0.1, -0.05) is 0 Å². The van der Waals surface area contributed by atoms with Crippen molar-refractivity contribution in [1.82, 2.24) is 15.2 Å². The molecule has 3 heterocycles. The highest BCUT2D eigenvalue weighted by atomic mass is 16.5. The Bertz CT molecular complexity index is 1010. The number of nitrogens with zero attached hydrogens (tertiary/aromatic N) is 3. The van der Waals surface area contributed by atoms with Gasteiger partial charge in [-0.2, -0.15) is 0 Å². The zero-order chi connectivity index (χ0) is 24.0. The molecule has 1 saturated heterocycles. The minimum absolute atomic E-state index is 0.0343. The maximum Gasteiger partial charge on any atom is 0.251 e. The number of carbonyl (C=O) groups excluding carboxylic acids is 2. The van der Waals surface area contributed by atoms with Crippen LogP contribution in [0, 0.1) is 5.92 Å². The SMILES string of the molecule is O=CNc1ccc(C(=O)NC2CCC(CCN3CCN(c4nccc5c4OCC5)CC3)CC2)cc1. The smallest absolute Gasteiger partial charge is 0.251 e. The molecule has 8 nitrogen and oxygen atoms in total. The summed E-state index contributed by atoms with van der Waals surface area (Å²) in [6, 6.07) is 9.32. The zero-order valence-electron chi connectivity index (χ0n) is 20.2. The summed E-state index contributed by atoms with van der Waals surface area (Å²) in [7, 11) is 0. The van der Waals surface area contributed by atoms with Gasteiger partial charge in [0, 0.05) is 61.7 Å². The van der Waals surface area contributed by atoms with Crippen molar-refractivity contribution in [3.63, 3.8) is 0 Å². The van der Waals surface area contributed by atoms with Gasteiger partial charge >= 0.3 is 0 Å². The van der Waals surface area contributed by atoms with Crippen molar-refractivity contribution in [3.8, 4) is 5.75 Å². The predicted octanol–water partition coefficient (Wildman–Crippen LogP) is 3.09. The maximum atomic E-state index is 12.6. The summed E-state index contributed by atoms with van der Waals surface area (Å²) >= 11 is 0. The van der Waals surface area contributed by atoms with E-state index in [9.17, 15) is 9.59 Å². The van der Waals surface area contributed by atoms with Crippen LogP contribution in [-0.4, -0.2) is 67.6 Å². The zero-order valence-corrected chi connectivity index (χ0v) is 20.2. The number of piperazine rings is 1. The molecule has 1 aliphatic carbocycles. The second-order valence-corrected chi connectivity index (χ2v) is 9.87. The lowest BCUT2D eigenvalue weighted by Crippen LogP contribution is -2.47. The van der Waals surface area contributed by atoms with Gasteiger partial charge in [0.05, 0.1) is 6.61 Å². The van der Waals surface area contributed by atoms with Crippen molar-refractivity contribution in [3.05, 3.63) is 47.7 Å². The van der Waals surface area contributed by atoms with Gasteiger partial charge in [-0.15, -0.1) is 0 Å². The van der Waals surface area contributed by atoms with Crippen LogP contribution >= 0.6 is 0 Å². The van der Waals surface area contributed by atoms with E-state index in [4.69, 9.17) is 4.74 Å². The third-order valence-electron chi connectivity index (χ3n) is 7.67. The highest BCUT2D eigenvalue weighted by molar-refractivity contribution is 5.94. The number of nitrogens with one attached hydrogen (secondary N) is 2. The van der Waals surface area contributed by atoms with E-state index in [1.165, 1.54) is 24.8 Å². The second kappa shape index (κ2) is 11.1. The van der Waals surface area contributed by atoms with Gasteiger partial charge in [0.2, 0.25) is 6.41 Å². The number of anilines is 2. The fraction of sp³-hybridized carbons (Fsp3) is 0.519. The number of pyridine rings is 1. The molecule has 2 aliphatic heterocycles. The Balaban J connectivity index is 1.01. The van der Waals surface area contributed by atoms with Crippen LogP contribution in [0.4, 0.5) is 11.5 Å². The number of hydrogen-bond donors (Lipinski definition) is 2. The number of aromatic nitrogens is 1. The fourth-order valence-corrected chi connectivity index (χ4v) is 5.52. The van der Waals surface area contributed by atoms with E-state index in [0.29, 0.717) is 17.7 Å². The van der Waals surface area contributed by atoms with E-state index < -0.39 is 0 Å². The molecule has 0 radical (unpaired) electrons. The van der Waals surface area contributed by atoms with Crippen LogP contribution in [-0.2, 0) is 11.2 Å². The Morgan fingerprint density at radius 1 is 1.06 bits per heavy atom.